The van der Waals surface area contributed by atoms with Gasteiger partial charge in [0.05, 0.1) is 12.9 Å². The maximum absolute atomic E-state index is 11.4. The van der Waals surface area contributed by atoms with E-state index in [0.717, 1.165) is 0 Å². The van der Waals surface area contributed by atoms with Crippen molar-refractivity contribution in [3.8, 4) is 0 Å². The van der Waals surface area contributed by atoms with Gasteiger partial charge >= 0.3 is 0 Å². The number of aliphatic hydroxyl groups excluding tert-OH is 1. The minimum Gasteiger partial charge on any atom is -0.756 e. The van der Waals surface area contributed by atoms with Gasteiger partial charge in [-0.25, -0.2) is 15.0 Å². The number of nitrogens with one attached hydrogen (secondary N) is 1. The van der Waals surface area contributed by atoms with Crippen molar-refractivity contribution >= 4 is 24.8 Å². The van der Waals surface area contributed by atoms with Crippen molar-refractivity contribution in [3.05, 3.63) is 12.7 Å². The number of fused-ring (bicyclic) bond motifs is 2. The lowest BCUT2D eigenvalue weighted by Crippen LogP contribution is -2.41. The Kier molecular flexibility index (Phi) is 3.38. The zero-order valence-electron chi connectivity index (χ0n) is 11.9. The Morgan fingerprint density at radius 2 is 2.30 bits per heavy atom. The quantitative estimate of drug-likeness (QED) is 0.653. The summed E-state index contributed by atoms with van der Waals surface area (Å²) in [7, 11) is -2.71. The SMILES string of the molecule is CNc1ncnc2c1ncn2[C@@H]1O[C@@H]2COP(=O)([O-])O[C@H]2[C@H]1O. The zero-order valence-corrected chi connectivity index (χ0v) is 12.8. The summed E-state index contributed by atoms with van der Waals surface area (Å²) in [6, 6.07) is 0. The average Bonchev–Trinajstić information content (AvgIpc) is 3.08. The number of imidazole rings is 1. The van der Waals surface area contributed by atoms with Crippen molar-refractivity contribution in [2.75, 3.05) is 19.0 Å². The van der Waals surface area contributed by atoms with Crippen LogP contribution in [-0.2, 0) is 18.3 Å². The van der Waals surface area contributed by atoms with Gasteiger partial charge in [0.25, 0.3) is 7.82 Å². The maximum Gasteiger partial charge on any atom is 0.268 e. The van der Waals surface area contributed by atoms with Crippen LogP contribution in [0.25, 0.3) is 11.2 Å². The first-order chi connectivity index (χ1) is 11.0. The molecule has 1 unspecified atom stereocenters. The minimum absolute atomic E-state index is 0.206. The second-order valence-electron chi connectivity index (χ2n) is 5.17. The summed E-state index contributed by atoms with van der Waals surface area (Å²) >= 11 is 0. The number of anilines is 1. The van der Waals surface area contributed by atoms with Crippen molar-refractivity contribution in [1.82, 2.24) is 19.5 Å². The molecule has 0 radical (unpaired) electrons. The van der Waals surface area contributed by atoms with E-state index in [1.165, 1.54) is 17.2 Å². The van der Waals surface area contributed by atoms with Crippen molar-refractivity contribution in [3.63, 3.8) is 0 Å². The van der Waals surface area contributed by atoms with Gasteiger partial charge in [0.2, 0.25) is 0 Å². The number of aliphatic hydroxyl groups is 1. The summed E-state index contributed by atoms with van der Waals surface area (Å²) in [6.07, 6.45) is -1.03. The van der Waals surface area contributed by atoms with E-state index < -0.39 is 32.4 Å². The van der Waals surface area contributed by atoms with E-state index in [1.807, 2.05) is 0 Å². The highest BCUT2D eigenvalue weighted by atomic mass is 31.2. The lowest BCUT2D eigenvalue weighted by molar-refractivity contribution is -0.245. The fraction of sp³-hybridized carbons (Fsp3) is 0.545. The van der Waals surface area contributed by atoms with Crippen LogP contribution < -0.4 is 10.2 Å². The lowest BCUT2D eigenvalue weighted by Gasteiger charge is -2.34. The summed E-state index contributed by atoms with van der Waals surface area (Å²) in [6.45, 7) is -0.206. The molecule has 0 spiro atoms. The third-order valence-electron chi connectivity index (χ3n) is 3.83. The fourth-order valence-corrected chi connectivity index (χ4v) is 3.73. The first-order valence-corrected chi connectivity index (χ1v) is 8.29. The van der Waals surface area contributed by atoms with Gasteiger partial charge in [-0.15, -0.1) is 0 Å². The first-order valence-electron chi connectivity index (χ1n) is 6.83. The van der Waals surface area contributed by atoms with Crippen LogP contribution >= 0.6 is 7.82 Å². The highest BCUT2D eigenvalue weighted by Crippen LogP contribution is 2.49. The van der Waals surface area contributed by atoms with Gasteiger partial charge in [-0.3, -0.25) is 9.13 Å². The van der Waals surface area contributed by atoms with Crippen molar-refractivity contribution in [2.24, 2.45) is 0 Å². The smallest absolute Gasteiger partial charge is 0.268 e. The molecule has 2 N–H and O–H groups in total. The second kappa shape index (κ2) is 5.20. The molecular formula is C11H13N5O6P-. The Morgan fingerprint density at radius 3 is 3.09 bits per heavy atom. The highest BCUT2D eigenvalue weighted by molar-refractivity contribution is 7.45. The summed E-state index contributed by atoms with van der Waals surface area (Å²) in [4.78, 5) is 23.8. The number of phosphoric ester groups is 1. The van der Waals surface area contributed by atoms with E-state index in [9.17, 15) is 14.6 Å². The summed E-state index contributed by atoms with van der Waals surface area (Å²) < 4.78 is 28.0. The molecule has 12 heteroatoms. The number of hydrogen-bond acceptors (Lipinski definition) is 10. The zero-order chi connectivity index (χ0) is 16.2. The maximum atomic E-state index is 11.4. The van der Waals surface area contributed by atoms with Crippen LogP contribution in [0, 0.1) is 0 Å². The number of hydrogen-bond donors (Lipinski definition) is 2. The standard InChI is InChI=1S/C11H14N5O6P/c1-12-9-6-10(14-3-13-9)16(4-15-6)11-7(17)8-5(21-11)2-20-23(18,19)22-8/h3-5,7-8,11,17H,2H2,1H3,(H,18,19)(H,12,13,14)/p-1/t5-,7-,8-,11-/m1/s1. The molecule has 2 aliphatic rings. The van der Waals surface area contributed by atoms with Gasteiger partial charge in [0.1, 0.15) is 30.2 Å². The van der Waals surface area contributed by atoms with E-state index in [2.05, 4.69) is 24.8 Å². The second-order valence-corrected chi connectivity index (χ2v) is 6.53. The molecule has 2 aromatic rings. The molecule has 5 atom stereocenters. The number of aromatic nitrogens is 4. The van der Waals surface area contributed by atoms with E-state index >= 15 is 0 Å². The van der Waals surface area contributed by atoms with Gasteiger partial charge in [-0.05, 0) is 0 Å². The molecule has 0 aromatic carbocycles. The van der Waals surface area contributed by atoms with E-state index in [1.54, 1.807) is 7.05 Å². The lowest BCUT2D eigenvalue weighted by atomic mass is 10.1. The Labute approximate surface area is 129 Å². The van der Waals surface area contributed by atoms with Crippen molar-refractivity contribution in [1.29, 1.82) is 0 Å². The summed E-state index contributed by atoms with van der Waals surface area (Å²) in [5.74, 6) is 0.530. The van der Waals surface area contributed by atoms with Crippen LogP contribution in [0.15, 0.2) is 12.7 Å². The number of nitrogens with zero attached hydrogens (tertiary/aromatic N) is 4. The first kappa shape index (κ1) is 14.9. The van der Waals surface area contributed by atoms with Crippen molar-refractivity contribution < 1.29 is 28.3 Å². The Bertz CT molecular complexity index is 798. The predicted octanol–water partition coefficient (Wildman–Crippen LogP) is -0.990. The highest BCUT2D eigenvalue weighted by Gasteiger charge is 2.50. The molecule has 124 valence electrons. The number of ether oxygens (including phenoxy) is 1. The van der Waals surface area contributed by atoms with Gasteiger partial charge in [-0.2, -0.15) is 0 Å². The monoisotopic (exact) mass is 342 g/mol. The molecule has 4 rings (SSSR count). The molecule has 23 heavy (non-hydrogen) atoms. The van der Waals surface area contributed by atoms with E-state index in [-0.39, 0.29) is 6.61 Å². The minimum atomic E-state index is -4.41. The van der Waals surface area contributed by atoms with Crippen LogP contribution in [0.3, 0.4) is 0 Å². The van der Waals surface area contributed by atoms with Gasteiger partial charge < -0.3 is 29.1 Å². The molecule has 2 saturated heterocycles. The molecule has 11 nitrogen and oxygen atoms in total. The third-order valence-corrected chi connectivity index (χ3v) is 4.79. The normalized spacial score (nSPS) is 37.0. The Balaban J connectivity index is 1.71. The van der Waals surface area contributed by atoms with Gasteiger partial charge in [0, 0.05) is 7.05 Å². The molecule has 2 fully saturated rings. The Morgan fingerprint density at radius 1 is 1.48 bits per heavy atom. The van der Waals surface area contributed by atoms with Crippen LogP contribution in [0.1, 0.15) is 6.23 Å². The molecule has 0 saturated carbocycles. The number of phosphoric acid groups is 1. The van der Waals surface area contributed by atoms with Crippen LogP contribution in [0.4, 0.5) is 5.82 Å². The molecule has 2 aliphatic heterocycles. The molecule has 0 amide bonds. The van der Waals surface area contributed by atoms with Crippen molar-refractivity contribution in [2.45, 2.75) is 24.5 Å². The van der Waals surface area contributed by atoms with Crippen LogP contribution in [-0.4, -0.2) is 56.6 Å². The van der Waals surface area contributed by atoms with E-state index in [4.69, 9.17) is 9.26 Å². The third kappa shape index (κ3) is 2.33. The number of rotatable bonds is 2. The molecule has 0 bridgehead atoms. The van der Waals surface area contributed by atoms with E-state index in [0.29, 0.717) is 17.0 Å². The largest absolute Gasteiger partial charge is 0.756 e. The Hall–Kier alpha value is -1.62. The summed E-state index contributed by atoms with van der Waals surface area (Å²) in [5.41, 5.74) is 0.950. The van der Waals surface area contributed by atoms with Crippen LogP contribution in [0.5, 0.6) is 0 Å². The van der Waals surface area contributed by atoms with Gasteiger partial charge in [-0.1, -0.05) is 0 Å². The summed E-state index contributed by atoms with van der Waals surface area (Å²) in [5, 5.41) is 13.3. The molecule has 0 aliphatic carbocycles. The van der Waals surface area contributed by atoms with Gasteiger partial charge in [0.15, 0.2) is 17.7 Å². The van der Waals surface area contributed by atoms with Crippen LogP contribution in [0.2, 0.25) is 0 Å². The molecule has 2 aromatic heterocycles. The topological polar surface area (TPSA) is 144 Å². The molecule has 4 heterocycles. The average molecular weight is 342 g/mol. The fourth-order valence-electron chi connectivity index (χ4n) is 2.78. The predicted molar refractivity (Wildman–Crippen MR) is 73.2 cm³/mol. The molecular weight excluding hydrogens is 329 g/mol.